The zero-order valence-electron chi connectivity index (χ0n) is 10.7. The van der Waals surface area contributed by atoms with E-state index in [1.807, 2.05) is 0 Å². The molecule has 0 aromatic heterocycles. The standard InChI is InChI=1S/C10H10F8N2O2/c11-5(9(13,14)15)7(21)19-1-2-20(4-3-19)8(22)6(12)10(16,17)18/h5-6H,1-4H2/t5-,6+. The molecule has 1 fully saturated rings. The molecular formula is C10H10F8N2O2. The van der Waals surface area contributed by atoms with Gasteiger partial charge >= 0.3 is 12.4 Å². The van der Waals surface area contributed by atoms with E-state index in [0.717, 1.165) is 0 Å². The third kappa shape index (κ3) is 4.19. The van der Waals surface area contributed by atoms with E-state index >= 15 is 0 Å². The highest BCUT2D eigenvalue weighted by Crippen LogP contribution is 2.26. The minimum atomic E-state index is -5.40. The molecule has 0 N–H and O–H groups in total. The van der Waals surface area contributed by atoms with Crippen molar-refractivity contribution in [2.45, 2.75) is 24.7 Å². The van der Waals surface area contributed by atoms with Crippen LogP contribution in [0.4, 0.5) is 35.1 Å². The van der Waals surface area contributed by atoms with Crippen molar-refractivity contribution in [2.24, 2.45) is 0 Å². The molecule has 0 aromatic carbocycles. The van der Waals surface area contributed by atoms with E-state index in [0.29, 0.717) is 9.80 Å². The Labute approximate surface area is 118 Å². The van der Waals surface area contributed by atoms with Gasteiger partial charge in [-0.2, -0.15) is 26.3 Å². The summed E-state index contributed by atoms with van der Waals surface area (Å²) in [4.78, 5) is 23.2. The molecule has 22 heavy (non-hydrogen) atoms. The highest BCUT2D eigenvalue weighted by atomic mass is 19.4. The van der Waals surface area contributed by atoms with E-state index in [1.165, 1.54) is 0 Å². The van der Waals surface area contributed by atoms with Gasteiger partial charge < -0.3 is 9.80 Å². The van der Waals surface area contributed by atoms with E-state index in [4.69, 9.17) is 0 Å². The van der Waals surface area contributed by atoms with E-state index in [1.54, 1.807) is 0 Å². The largest absolute Gasteiger partial charge is 0.428 e. The van der Waals surface area contributed by atoms with Crippen molar-refractivity contribution in [3.8, 4) is 0 Å². The number of nitrogens with zero attached hydrogens (tertiary/aromatic N) is 2. The zero-order chi connectivity index (χ0) is 17.3. The normalized spacial score (nSPS) is 19.8. The molecule has 0 radical (unpaired) electrons. The van der Waals surface area contributed by atoms with Crippen molar-refractivity contribution in [2.75, 3.05) is 26.2 Å². The second-order valence-corrected chi connectivity index (χ2v) is 4.46. The predicted molar refractivity (Wildman–Crippen MR) is 55.1 cm³/mol. The van der Waals surface area contributed by atoms with E-state index in [-0.39, 0.29) is 0 Å². The Balaban J connectivity index is 2.61. The van der Waals surface area contributed by atoms with Gasteiger partial charge in [-0.1, -0.05) is 0 Å². The van der Waals surface area contributed by atoms with Crippen molar-refractivity contribution in [3.63, 3.8) is 0 Å². The summed E-state index contributed by atoms with van der Waals surface area (Å²) >= 11 is 0. The summed E-state index contributed by atoms with van der Waals surface area (Å²) in [6.45, 7) is -2.48. The van der Waals surface area contributed by atoms with Gasteiger partial charge in [-0.3, -0.25) is 9.59 Å². The molecule has 2 amide bonds. The van der Waals surface area contributed by atoms with Gasteiger partial charge in [0.15, 0.2) is 0 Å². The first-order chi connectivity index (χ1) is 9.85. The van der Waals surface area contributed by atoms with Gasteiger partial charge in [0.1, 0.15) is 0 Å². The topological polar surface area (TPSA) is 40.6 Å². The predicted octanol–water partition coefficient (Wildman–Crippen LogP) is 1.46. The number of hydrogen-bond acceptors (Lipinski definition) is 2. The van der Waals surface area contributed by atoms with E-state index in [2.05, 4.69) is 0 Å². The molecule has 1 rings (SSSR count). The highest BCUT2D eigenvalue weighted by Gasteiger charge is 2.49. The van der Waals surface area contributed by atoms with Crippen molar-refractivity contribution >= 4 is 11.8 Å². The average molecular weight is 342 g/mol. The van der Waals surface area contributed by atoms with Crippen molar-refractivity contribution in [1.82, 2.24) is 9.80 Å². The quantitative estimate of drug-likeness (QED) is 0.713. The van der Waals surface area contributed by atoms with Crippen molar-refractivity contribution < 1.29 is 44.7 Å². The molecule has 1 aliphatic heterocycles. The average Bonchev–Trinajstić information content (AvgIpc) is 2.42. The minimum Gasteiger partial charge on any atom is -0.336 e. The molecule has 1 saturated heterocycles. The molecule has 0 unspecified atom stereocenters. The minimum absolute atomic E-state index is 0.419. The van der Waals surface area contributed by atoms with Gasteiger partial charge in [0, 0.05) is 26.2 Å². The molecule has 1 heterocycles. The fourth-order valence-electron chi connectivity index (χ4n) is 1.75. The van der Waals surface area contributed by atoms with Crippen LogP contribution in [0.3, 0.4) is 0 Å². The fraction of sp³-hybridized carbons (Fsp3) is 0.800. The lowest BCUT2D eigenvalue weighted by Crippen LogP contribution is -2.56. The number of rotatable bonds is 2. The summed E-state index contributed by atoms with van der Waals surface area (Å²) in [7, 11) is 0. The van der Waals surface area contributed by atoms with Gasteiger partial charge in [-0.05, 0) is 0 Å². The summed E-state index contributed by atoms with van der Waals surface area (Å²) in [6, 6.07) is 0. The number of hydrogen-bond donors (Lipinski definition) is 0. The fourth-order valence-corrected chi connectivity index (χ4v) is 1.75. The number of piperazine rings is 1. The van der Waals surface area contributed by atoms with Crippen LogP contribution in [0.2, 0.25) is 0 Å². The molecule has 128 valence electrons. The smallest absolute Gasteiger partial charge is 0.336 e. The summed E-state index contributed by atoms with van der Waals surface area (Å²) in [6.07, 6.45) is -18.3. The third-order valence-electron chi connectivity index (χ3n) is 2.91. The Bertz CT molecular complexity index is 388. The molecular weight excluding hydrogens is 332 g/mol. The van der Waals surface area contributed by atoms with E-state index < -0.39 is 62.7 Å². The van der Waals surface area contributed by atoms with Crippen molar-refractivity contribution in [1.29, 1.82) is 0 Å². The maximum Gasteiger partial charge on any atom is 0.428 e. The molecule has 4 nitrogen and oxygen atoms in total. The zero-order valence-corrected chi connectivity index (χ0v) is 10.7. The molecule has 0 saturated carbocycles. The first-order valence-electron chi connectivity index (χ1n) is 5.85. The maximum absolute atomic E-state index is 12.8. The van der Waals surface area contributed by atoms with Crippen LogP contribution in [-0.2, 0) is 9.59 Å². The molecule has 1 aliphatic rings. The Morgan fingerprint density at radius 1 is 0.682 bits per heavy atom. The molecule has 0 aromatic rings. The number of amides is 2. The molecule has 0 bridgehead atoms. The Morgan fingerprint density at radius 3 is 1.09 bits per heavy atom. The van der Waals surface area contributed by atoms with Crippen LogP contribution in [0, 0.1) is 0 Å². The van der Waals surface area contributed by atoms with Crippen LogP contribution >= 0.6 is 0 Å². The maximum atomic E-state index is 12.8. The van der Waals surface area contributed by atoms with Crippen LogP contribution in [-0.4, -0.2) is 72.5 Å². The molecule has 0 spiro atoms. The van der Waals surface area contributed by atoms with Crippen molar-refractivity contribution in [3.05, 3.63) is 0 Å². The number of alkyl halides is 8. The lowest BCUT2D eigenvalue weighted by Gasteiger charge is -2.36. The number of halogens is 8. The number of carbonyl (C=O) groups is 2. The van der Waals surface area contributed by atoms with Gasteiger partial charge in [-0.25, -0.2) is 8.78 Å². The Morgan fingerprint density at radius 2 is 0.909 bits per heavy atom. The molecule has 12 heteroatoms. The molecule has 0 aliphatic carbocycles. The van der Waals surface area contributed by atoms with Gasteiger partial charge in [-0.15, -0.1) is 0 Å². The van der Waals surface area contributed by atoms with Gasteiger partial charge in [0.25, 0.3) is 24.2 Å². The van der Waals surface area contributed by atoms with Gasteiger partial charge in [0.2, 0.25) is 0 Å². The van der Waals surface area contributed by atoms with Gasteiger partial charge in [0.05, 0.1) is 0 Å². The van der Waals surface area contributed by atoms with E-state index in [9.17, 15) is 44.7 Å². The number of carbonyl (C=O) groups excluding carboxylic acids is 2. The second-order valence-electron chi connectivity index (χ2n) is 4.46. The lowest BCUT2D eigenvalue weighted by molar-refractivity contribution is -0.198. The van der Waals surface area contributed by atoms with Crippen LogP contribution < -0.4 is 0 Å². The monoisotopic (exact) mass is 342 g/mol. The summed E-state index contributed by atoms with van der Waals surface area (Å²) in [5, 5.41) is 0. The Kier molecular flexibility index (Phi) is 5.23. The highest BCUT2D eigenvalue weighted by molar-refractivity contribution is 5.83. The lowest BCUT2D eigenvalue weighted by atomic mass is 10.2. The Hall–Kier alpha value is -1.62. The van der Waals surface area contributed by atoms with Crippen LogP contribution in [0.1, 0.15) is 0 Å². The summed E-state index contributed by atoms with van der Waals surface area (Å²) in [5.74, 6) is -3.79. The summed E-state index contributed by atoms with van der Waals surface area (Å²) < 4.78 is 97.9. The second kappa shape index (κ2) is 6.24. The molecule has 2 atom stereocenters. The van der Waals surface area contributed by atoms with Crippen LogP contribution in [0.5, 0.6) is 0 Å². The third-order valence-corrected chi connectivity index (χ3v) is 2.91. The SMILES string of the molecule is O=C([C@@H](F)C(F)(F)F)N1CCN(C(=O)[C@H](F)C(F)(F)F)CC1. The first-order valence-corrected chi connectivity index (χ1v) is 5.85. The van der Waals surface area contributed by atoms with Crippen LogP contribution in [0.25, 0.3) is 0 Å². The first kappa shape index (κ1) is 18.4. The van der Waals surface area contributed by atoms with Crippen LogP contribution in [0.15, 0.2) is 0 Å². The summed E-state index contributed by atoms with van der Waals surface area (Å²) in [5.41, 5.74) is 0.